The first kappa shape index (κ1) is 11.2. The molecular formula is C10H17F3N2. The Bertz CT molecular complexity index is 217. The number of nitrogens with zero attached hydrogens (tertiary/aromatic N) is 1. The van der Waals surface area contributed by atoms with Gasteiger partial charge in [-0.05, 0) is 31.6 Å². The molecule has 2 rings (SSSR count). The maximum atomic E-state index is 12.8. The first-order chi connectivity index (χ1) is 6.98. The SMILES string of the molecule is NC1CCN(C(C2CC2)C(F)(F)F)CC1. The summed E-state index contributed by atoms with van der Waals surface area (Å²) in [5.41, 5.74) is 5.69. The molecule has 1 aliphatic carbocycles. The normalized spacial score (nSPS) is 28.0. The van der Waals surface area contributed by atoms with Crippen LogP contribution < -0.4 is 5.73 Å². The van der Waals surface area contributed by atoms with Gasteiger partial charge in [0.15, 0.2) is 0 Å². The van der Waals surface area contributed by atoms with Gasteiger partial charge in [-0.25, -0.2) is 0 Å². The molecule has 0 bridgehead atoms. The Kier molecular flexibility index (Phi) is 2.94. The fourth-order valence-electron chi connectivity index (χ4n) is 2.38. The first-order valence-corrected chi connectivity index (χ1v) is 5.55. The zero-order chi connectivity index (χ0) is 11.1. The Morgan fingerprint density at radius 2 is 1.60 bits per heavy atom. The summed E-state index contributed by atoms with van der Waals surface area (Å²) in [7, 11) is 0. The molecule has 0 aromatic rings. The van der Waals surface area contributed by atoms with Gasteiger partial charge in [-0.1, -0.05) is 0 Å². The molecule has 15 heavy (non-hydrogen) atoms. The fraction of sp³-hybridized carbons (Fsp3) is 1.00. The van der Waals surface area contributed by atoms with Gasteiger partial charge in [-0.2, -0.15) is 13.2 Å². The Hall–Kier alpha value is -0.290. The average molecular weight is 222 g/mol. The van der Waals surface area contributed by atoms with E-state index >= 15 is 0 Å². The molecule has 2 nitrogen and oxygen atoms in total. The fourth-order valence-corrected chi connectivity index (χ4v) is 2.38. The summed E-state index contributed by atoms with van der Waals surface area (Å²) in [4.78, 5) is 1.58. The van der Waals surface area contributed by atoms with E-state index in [1.807, 2.05) is 0 Å². The van der Waals surface area contributed by atoms with E-state index in [1.165, 1.54) is 0 Å². The van der Waals surface area contributed by atoms with E-state index < -0.39 is 12.2 Å². The van der Waals surface area contributed by atoms with E-state index in [2.05, 4.69) is 0 Å². The number of halogens is 3. The summed E-state index contributed by atoms with van der Waals surface area (Å²) in [5.74, 6) is -0.153. The minimum absolute atomic E-state index is 0.0920. The van der Waals surface area contributed by atoms with Crippen LogP contribution in [0.5, 0.6) is 0 Å². The lowest BCUT2D eigenvalue weighted by Gasteiger charge is -2.37. The number of rotatable bonds is 2. The third-order valence-electron chi connectivity index (χ3n) is 3.37. The minimum Gasteiger partial charge on any atom is -0.328 e. The third kappa shape index (κ3) is 2.64. The van der Waals surface area contributed by atoms with Gasteiger partial charge in [0.2, 0.25) is 0 Å². The summed E-state index contributed by atoms with van der Waals surface area (Å²) in [6.45, 7) is 1.00. The molecule has 1 saturated heterocycles. The van der Waals surface area contributed by atoms with Crippen molar-refractivity contribution in [1.29, 1.82) is 0 Å². The van der Waals surface area contributed by atoms with Crippen LogP contribution >= 0.6 is 0 Å². The second-order valence-corrected chi connectivity index (χ2v) is 4.70. The predicted molar refractivity (Wildman–Crippen MR) is 51.3 cm³/mol. The standard InChI is InChI=1S/C10H17F3N2/c11-10(12,13)9(7-1-2-7)15-5-3-8(14)4-6-15/h7-9H,1-6,14H2. The smallest absolute Gasteiger partial charge is 0.328 e. The lowest BCUT2D eigenvalue weighted by Crippen LogP contribution is -2.52. The largest absolute Gasteiger partial charge is 0.404 e. The molecule has 1 heterocycles. The van der Waals surface area contributed by atoms with Crippen molar-refractivity contribution in [1.82, 2.24) is 4.90 Å². The molecular weight excluding hydrogens is 205 g/mol. The highest BCUT2D eigenvalue weighted by Crippen LogP contribution is 2.43. The zero-order valence-corrected chi connectivity index (χ0v) is 8.63. The van der Waals surface area contributed by atoms with E-state index in [0.717, 1.165) is 12.8 Å². The molecule has 1 atom stereocenters. The molecule has 2 N–H and O–H groups in total. The van der Waals surface area contributed by atoms with Crippen molar-refractivity contribution in [2.45, 2.75) is 43.9 Å². The van der Waals surface area contributed by atoms with Crippen LogP contribution in [0.2, 0.25) is 0 Å². The van der Waals surface area contributed by atoms with Crippen LogP contribution in [-0.4, -0.2) is 36.2 Å². The van der Waals surface area contributed by atoms with E-state index in [9.17, 15) is 13.2 Å². The molecule has 2 aliphatic rings. The molecule has 1 unspecified atom stereocenters. The predicted octanol–water partition coefficient (Wildman–Crippen LogP) is 1.75. The highest BCUT2D eigenvalue weighted by atomic mass is 19.4. The van der Waals surface area contributed by atoms with Crippen LogP contribution in [0.25, 0.3) is 0 Å². The Morgan fingerprint density at radius 3 is 2.00 bits per heavy atom. The monoisotopic (exact) mass is 222 g/mol. The molecule has 1 saturated carbocycles. The summed E-state index contributed by atoms with van der Waals surface area (Å²) < 4.78 is 38.5. The number of nitrogens with two attached hydrogens (primary N) is 1. The topological polar surface area (TPSA) is 29.3 Å². The number of alkyl halides is 3. The van der Waals surface area contributed by atoms with Crippen LogP contribution in [0.3, 0.4) is 0 Å². The lowest BCUT2D eigenvalue weighted by molar-refractivity contribution is -0.192. The second-order valence-electron chi connectivity index (χ2n) is 4.70. The Morgan fingerprint density at radius 1 is 1.07 bits per heavy atom. The van der Waals surface area contributed by atoms with Gasteiger partial charge in [0.05, 0.1) is 0 Å². The summed E-state index contributed by atoms with van der Waals surface area (Å²) in [5, 5.41) is 0. The third-order valence-corrected chi connectivity index (χ3v) is 3.37. The van der Waals surface area contributed by atoms with Crippen molar-refractivity contribution in [3.05, 3.63) is 0 Å². The van der Waals surface area contributed by atoms with Crippen LogP contribution in [-0.2, 0) is 0 Å². The quantitative estimate of drug-likeness (QED) is 0.771. The van der Waals surface area contributed by atoms with Crippen molar-refractivity contribution in [3.8, 4) is 0 Å². The molecule has 0 amide bonds. The van der Waals surface area contributed by atoms with Gasteiger partial charge in [-0.15, -0.1) is 0 Å². The number of likely N-dealkylation sites (tertiary alicyclic amines) is 1. The molecule has 0 spiro atoms. The first-order valence-electron chi connectivity index (χ1n) is 5.55. The van der Waals surface area contributed by atoms with E-state index in [-0.39, 0.29) is 12.0 Å². The molecule has 88 valence electrons. The highest BCUT2D eigenvalue weighted by Gasteiger charge is 2.52. The van der Waals surface area contributed by atoms with E-state index in [1.54, 1.807) is 4.90 Å². The van der Waals surface area contributed by atoms with Crippen molar-refractivity contribution in [2.24, 2.45) is 11.7 Å². The van der Waals surface area contributed by atoms with Crippen LogP contribution in [0.4, 0.5) is 13.2 Å². The Labute approximate surface area is 87.6 Å². The molecule has 0 aromatic heterocycles. The molecule has 2 fully saturated rings. The summed E-state index contributed by atoms with van der Waals surface area (Å²) >= 11 is 0. The lowest BCUT2D eigenvalue weighted by atomic mass is 10.0. The minimum atomic E-state index is -4.07. The molecule has 5 heteroatoms. The molecule has 1 aliphatic heterocycles. The van der Waals surface area contributed by atoms with Crippen LogP contribution in [0, 0.1) is 5.92 Å². The van der Waals surface area contributed by atoms with Gasteiger partial charge in [0, 0.05) is 19.1 Å². The van der Waals surface area contributed by atoms with Crippen LogP contribution in [0.1, 0.15) is 25.7 Å². The van der Waals surface area contributed by atoms with Gasteiger partial charge in [0.25, 0.3) is 0 Å². The van der Waals surface area contributed by atoms with Crippen LogP contribution in [0.15, 0.2) is 0 Å². The van der Waals surface area contributed by atoms with Crippen molar-refractivity contribution >= 4 is 0 Å². The molecule has 0 radical (unpaired) electrons. The van der Waals surface area contributed by atoms with Gasteiger partial charge >= 0.3 is 6.18 Å². The van der Waals surface area contributed by atoms with E-state index in [4.69, 9.17) is 5.73 Å². The number of hydrogen-bond donors (Lipinski definition) is 1. The summed E-state index contributed by atoms with van der Waals surface area (Å²) in [6, 6.07) is -1.11. The Balaban J connectivity index is 1.99. The maximum absolute atomic E-state index is 12.8. The average Bonchev–Trinajstić information content (AvgIpc) is 2.90. The number of hydrogen-bond acceptors (Lipinski definition) is 2. The summed E-state index contributed by atoms with van der Waals surface area (Å²) in [6.07, 6.45) is -1.22. The highest BCUT2D eigenvalue weighted by molar-refractivity contribution is 4.94. The van der Waals surface area contributed by atoms with Gasteiger partial charge in [-0.3, -0.25) is 4.90 Å². The van der Waals surface area contributed by atoms with Gasteiger partial charge < -0.3 is 5.73 Å². The van der Waals surface area contributed by atoms with Crippen molar-refractivity contribution in [2.75, 3.05) is 13.1 Å². The molecule has 0 aromatic carbocycles. The maximum Gasteiger partial charge on any atom is 0.404 e. The van der Waals surface area contributed by atoms with Gasteiger partial charge in [0.1, 0.15) is 6.04 Å². The zero-order valence-electron chi connectivity index (χ0n) is 8.63. The number of piperidine rings is 1. The second kappa shape index (κ2) is 3.94. The van der Waals surface area contributed by atoms with E-state index in [0.29, 0.717) is 25.9 Å². The van der Waals surface area contributed by atoms with Crippen molar-refractivity contribution in [3.63, 3.8) is 0 Å². The van der Waals surface area contributed by atoms with Crippen molar-refractivity contribution < 1.29 is 13.2 Å².